The summed E-state index contributed by atoms with van der Waals surface area (Å²) in [7, 11) is 0. The number of likely N-dealkylation sites (tertiary alicyclic amines) is 1. The van der Waals surface area contributed by atoms with E-state index in [0.717, 1.165) is 57.3 Å². The fourth-order valence-corrected chi connectivity index (χ4v) is 4.55. The molecule has 1 aromatic heterocycles. The Hall–Kier alpha value is -1.85. The van der Waals surface area contributed by atoms with Crippen LogP contribution in [0, 0.1) is 5.92 Å². The lowest BCUT2D eigenvalue weighted by molar-refractivity contribution is -0.152. The number of carbonyl (C=O) groups is 2. The number of aromatic amines is 1. The van der Waals surface area contributed by atoms with Crippen molar-refractivity contribution in [3.63, 3.8) is 0 Å². The second-order valence-corrected chi connectivity index (χ2v) is 7.11. The van der Waals surface area contributed by atoms with Crippen LogP contribution in [-0.2, 0) is 14.3 Å². The zero-order valence-electron chi connectivity index (χ0n) is 13.3. The standard InChI is InChI=1S/C17H23N3O3/c21-15-11-13(17(23-15)6-1-2-7-17)16(22)20-9-4-12(5-10-20)14-3-8-18-19-14/h3,8,12-13H,1-2,4-7,9-11H2,(H,18,19)/t13-/m1/s1. The summed E-state index contributed by atoms with van der Waals surface area (Å²) in [5.74, 6) is 0.114. The molecule has 3 heterocycles. The van der Waals surface area contributed by atoms with Gasteiger partial charge in [0.25, 0.3) is 0 Å². The normalized spacial score (nSPS) is 27.6. The highest BCUT2D eigenvalue weighted by Gasteiger charge is 2.54. The number of rotatable bonds is 2. The summed E-state index contributed by atoms with van der Waals surface area (Å²) >= 11 is 0. The van der Waals surface area contributed by atoms with Crippen molar-refractivity contribution in [2.24, 2.45) is 5.92 Å². The Morgan fingerprint density at radius 2 is 2.04 bits per heavy atom. The van der Waals surface area contributed by atoms with Gasteiger partial charge in [0.1, 0.15) is 5.60 Å². The summed E-state index contributed by atoms with van der Waals surface area (Å²) in [6.07, 6.45) is 7.74. The molecule has 124 valence electrons. The molecule has 0 bridgehead atoms. The maximum atomic E-state index is 13.0. The number of hydrogen-bond acceptors (Lipinski definition) is 4. The first-order chi connectivity index (χ1) is 11.2. The molecule has 1 saturated carbocycles. The molecule has 1 amide bonds. The van der Waals surface area contributed by atoms with Crippen molar-refractivity contribution >= 4 is 11.9 Å². The molecule has 6 heteroatoms. The van der Waals surface area contributed by atoms with Crippen LogP contribution in [0.2, 0.25) is 0 Å². The van der Waals surface area contributed by atoms with E-state index < -0.39 is 5.60 Å². The number of hydrogen-bond donors (Lipinski definition) is 1. The Bertz CT molecular complexity index is 584. The van der Waals surface area contributed by atoms with Crippen molar-refractivity contribution < 1.29 is 14.3 Å². The molecule has 1 N–H and O–H groups in total. The summed E-state index contributed by atoms with van der Waals surface area (Å²) in [4.78, 5) is 26.7. The zero-order valence-corrected chi connectivity index (χ0v) is 13.3. The van der Waals surface area contributed by atoms with Gasteiger partial charge in [-0.25, -0.2) is 0 Å². The lowest BCUT2D eigenvalue weighted by Gasteiger charge is -2.36. The molecule has 0 radical (unpaired) electrons. The molecule has 0 unspecified atom stereocenters. The van der Waals surface area contributed by atoms with Crippen LogP contribution in [0.4, 0.5) is 0 Å². The third kappa shape index (κ3) is 2.54. The van der Waals surface area contributed by atoms with Crippen LogP contribution >= 0.6 is 0 Å². The second kappa shape index (κ2) is 5.65. The fraction of sp³-hybridized carbons (Fsp3) is 0.706. The molecule has 1 spiro atoms. The molecule has 0 aromatic carbocycles. The zero-order chi connectivity index (χ0) is 15.9. The third-order valence-electron chi connectivity index (χ3n) is 5.84. The van der Waals surface area contributed by atoms with E-state index in [1.54, 1.807) is 6.20 Å². The minimum Gasteiger partial charge on any atom is -0.458 e. The van der Waals surface area contributed by atoms with Gasteiger partial charge in [-0.15, -0.1) is 0 Å². The number of ether oxygens (including phenoxy) is 1. The van der Waals surface area contributed by atoms with Gasteiger partial charge in [-0.1, -0.05) is 0 Å². The molecular formula is C17H23N3O3. The maximum absolute atomic E-state index is 13.0. The lowest BCUT2D eigenvalue weighted by atomic mass is 9.83. The predicted molar refractivity (Wildman–Crippen MR) is 82.5 cm³/mol. The number of H-pyrrole nitrogens is 1. The minimum atomic E-state index is -0.492. The summed E-state index contributed by atoms with van der Waals surface area (Å²) in [5, 5.41) is 7.04. The average molecular weight is 317 g/mol. The highest BCUT2D eigenvalue weighted by atomic mass is 16.6. The van der Waals surface area contributed by atoms with Crippen molar-refractivity contribution in [3.8, 4) is 0 Å². The van der Waals surface area contributed by atoms with E-state index in [1.807, 2.05) is 11.0 Å². The molecule has 4 rings (SSSR count). The van der Waals surface area contributed by atoms with Gasteiger partial charge >= 0.3 is 5.97 Å². The molecule has 3 aliphatic rings. The highest BCUT2D eigenvalue weighted by molar-refractivity contribution is 5.88. The van der Waals surface area contributed by atoms with Gasteiger partial charge in [0, 0.05) is 30.9 Å². The van der Waals surface area contributed by atoms with Crippen LogP contribution < -0.4 is 0 Å². The molecule has 3 fully saturated rings. The number of nitrogens with zero attached hydrogens (tertiary/aromatic N) is 2. The number of piperidine rings is 1. The van der Waals surface area contributed by atoms with E-state index in [2.05, 4.69) is 10.2 Å². The monoisotopic (exact) mass is 317 g/mol. The van der Waals surface area contributed by atoms with Gasteiger partial charge in [0.05, 0.1) is 12.3 Å². The van der Waals surface area contributed by atoms with Crippen LogP contribution in [0.1, 0.15) is 56.6 Å². The summed E-state index contributed by atoms with van der Waals surface area (Å²) in [6.45, 7) is 1.51. The summed E-state index contributed by atoms with van der Waals surface area (Å²) in [5.41, 5.74) is 0.665. The summed E-state index contributed by atoms with van der Waals surface area (Å²) < 4.78 is 5.61. The molecule has 1 atom stereocenters. The van der Waals surface area contributed by atoms with E-state index >= 15 is 0 Å². The highest BCUT2D eigenvalue weighted by Crippen LogP contribution is 2.46. The minimum absolute atomic E-state index is 0.126. The first-order valence-electron chi connectivity index (χ1n) is 8.68. The van der Waals surface area contributed by atoms with Crippen LogP contribution in [0.3, 0.4) is 0 Å². The quantitative estimate of drug-likeness (QED) is 0.847. The SMILES string of the molecule is O=C1C[C@H](C(=O)N2CCC(c3ccn[nH]3)CC2)C2(CCCC2)O1. The van der Waals surface area contributed by atoms with Crippen LogP contribution in [0.15, 0.2) is 12.3 Å². The van der Waals surface area contributed by atoms with Gasteiger partial charge in [0.2, 0.25) is 5.91 Å². The van der Waals surface area contributed by atoms with Crippen molar-refractivity contribution in [2.75, 3.05) is 13.1 Å². The largest absolute Gasteiger partial charge is 0.458 e. The van der Waals surface area contributed by atoms with Gasteiger partial charge in [0.15, 0.2) is 0 Å². The van der Waals surface area contributed by atoms with Crippen molar-refractivity contribution in [1.82, 2.24) is 15.1 Å². The van der Waals surface area contributed by atoms with E-state index in [9.17, 15) is 9.59 Å². The molecule has 2 saturated heterocycles. The van der Waals surface area contributed by atoms with E-state index in [0.29, 0.717) is 5.92 Å². The van der Waals surface area contributed by atoms with Crippen molar-refractivity contribution in [3.05, 3.63) is 18.0 Å². The molecule has 23 heavy (non-hydrogen) atoms. The predicted octanol–water partition coefficient (Wildman–Crippen LogP) is 1.99. The van der Waals surface area contributed by atoms with Gasteiger partial charge in [-0.05, 0) is 44.6 Å². The molecule has 2 aliphatic heterocycles. The van der Waals surface area contributed by atoms with Gasteiger partial charge < -0.3 is 9.64 Å². The first kappa shape index (κ1) is 14.7. The van der Waals surface area contributed by atoms with E-state index in [4.69, 9.17) is 4.74 Å². The Morgan fingerprint density at radius 1 is 1.30 bits per heavy atom. The Balaban J connectivity index is 1.42. The maximum Gasteiger partial charge on any atom is 0.307 e. The second-order valence-electron chi connectivity index (χ2n) is 7.11. The smallest absolute Gasteiger partial charge is 0.307 e. The Labute approximate surface area is 135 Å². The topological polar surface area (TPSA) is 75.3 Å². The van der Waals surface area contributed by atoms with Crippen LogP contribution in [0.5, 0.6) is 0 Å². The Kier molecular flexibility index (Phi) is 3.62. The molecular weight excluding hydrogens is 294 g/mol. The van der Waals surface area contributed by atoms with Crippen LogP contribution in [0.25, 0.3) is 0 Å². The average Bonchev–Trinajstić information content (AvgIpc) is 3.29. The van der Waals surface area contributed by atoms with Gasteiger partial charge in [-0.3, -0.25) is 14.7 Å². The first-order valence-corrected chi connectivity index (χ1v) is 8.68. The number of aromatic nitrogens is 2. The number of carbonyl (C=O) groups excluding carboxylic acids is 2. The fourth-order valence-electron chi connectivity index (χ4n) is 4.55. The molecule has 1 aliphatic carbocycles. The van der Waals surface area contributed by atoms with E-state index in [1.165, 1.54) is 0 Å². The van der Waals surface area contributed by atoms with Crippen molar-refractivity contribution in [1.29, 1.82) is 0 Å². The van der Waals surface area contributed by atoms with Gasteiger partial charge in [-0.2, -0.15) is 5.10 Å². The number of esters is 1. The molecule has 1 aromatic rings. The third-order valence-corrected chi connectivity index (χ3v) is 5.84. The number of nitrogens with one attached hydrogen (secondary N) is 1. The lowest BCUT2D eigenvalue weighted by Crippen LogP contribution is -2.47. The molecule has 6 nitrogen and oxygen atoms in total. The van der Waals surface area contributed by atoms with Crippen molar-refractivity contribution in [2.45, 2.75) is 56.5 Å². The summed E-state index contributed by atoms with van der Waals surface area (Å²) in [6, 6.07) is 2.01. The van der Waals surface area contributed by atoms with E-state index in [-0.39, 0.29) is 24.2 Å². The number of amides is 1. The van der Waals surface area contributed by atoms with Crippen LogP contribution in [-0.4, -0.2) is 45.7 Å². The Morgan fingerprint density at radius 3 is 2.70 bits per heavy atom.